The molecule has 0 heterocycles. The van der Waals surface area contributed by atoms with Crippen molar-refractivity contribution in [2.75, 3.05) is 6.26 Å². The molecular weight excluding hydrogens is 280 g/mol. The average molecular weight is 302 g/mol. The van der Waals surface area contributed by atoms with Gasteiger partial charge >= 0.3 is 0 Å². The Hall–Kier alpha value is -1.61. The van der Waals surface area contributed by atoms with Crippen LogP contribution in [0, 0.1) is 6.92 Å². The summed E-state index contributed by atoms with van der Waals surface area (Å²) in [6.45, 7) is 4.34. The SMILES string of the molecule is CCCCc1cc(-c2ccc(S(C)(=O)=O)cc2)ccc1C. The van der Waals surface area contributed by atoms with Gasteiger partial charge in [-0.1, -0.05) is 43.7 Å². The Morgan fingerprint density at radius 2 is 1.57 bits per heavy atom. The van der Waals surface area contributed by atoms with Crippen LogP contribution in [0.1, 0.15) is 30.9 Å². The summed E-state index contributed by atoms with van der Waals surface area (Å²) in [5.74, 6) is 0. The van der Waals surface area contributed by atoms with Crippen LogP contribution in [-0.4, -0.2) is 14.7 Å². The summed E-state index contributed by atoms with van der Waals surface area (Å²) in [5.41, 5.74) is 4.90. The van der Waals surface area contributed by atoms with Gasteiger partial charge in [0.05, 0.1) is 4.90 Å². The Balaban J connectivity index is 2.33. The van der Waals surface area contributed by atoms with Crippen LogP contribution < -0.4 is 0 Å². The molecule has 2 nitrogen and oxygen atoms in total. The number of unbranched alkanes of at least 4 members (excludes halogenated alkanes) is 1. The molecule has 0 radical (unpaired) electrons. The molecule has 2 aromatic carbocycles. The van der Waals surface area contributed by atoms with Crippen molar-refractivity contribution in [3.8, 4) is 11.1 Å². The third kappa shape index (κ3) is 3.94. The van der Waals surface area contributed by atoms with Crippen molar-refractivity contribution in [3.63, 3.8) is 0 Å². The van der Waals surface area contributed by atoms with Gasteiger partial charge in [0.15, 0.2) is 9.84 Å². The molecule has 0 unspecified atom stereocenters. The summed E-state index contributed by atoms with van der Waals surface area (Å²) in [5, 5.41) is 0. The van der Waals surface area contributed by atoms with Gasteiger partial charge in [-0.15, -0.1) is 0 Å². The molecule has 0 N–H and O–H groups in total. The van der Waals surface area contributed by atoms with Gasteiger partial charge in [0.1, 0.15) is 0 Å². The molecule has 0 atom stereocenters. The predicted octanol–water partition coefficient (Wildman–Crippen LogP) is 4.41. The van der Waals surface area contributed by atoms with E-state index in [1.807, 2.05) is 12.1 Å². The first kappa shape index (κ1) is 15.8. The number of rotatable bonds is 5. The molecule has 2 rings (SSSR count). The highest BCUT2D eigenvalue weighted by molar-refractivity contribution is 7.90. The first-order valence-corrected chi connectivity index (χ1v) is 9.21. The van der Waals surface area contributed by atoms with Crippen molar-refractivity contribution in [1.29, 1.82) is 0 Å². The molecule has 21 heavy (non-hydrogen) atoms. The van der Waals surface area contributed by atoms with Gasteiger partial charge in [0.2, 0.25) is 0 Å². The molecule has 3 heteroatoms. The van der Waals surface area contributed by atoms with E-state index in [4.69, 9.17) is 0 Å². The minimum Gasteiger partial charge on any atom is -0.224 e. The van der Waals surface area contributed by atoms with Crippen LogP contribution in [0.3, 0.4) is 0 Å². The first-order chi connectivity index (χ1) is 9.91. The zero-order valence-corrected chi connectivity index (χ0v) is 13.7. The van der Waals surface area contributed by atoms with E-state index in [1.165, 1.54) is 30.2 Å². The lowest BCUT2D eigenvalue weighted by Gasteiger charge is -2.09. The Kier molecular flexibility index (Phi) is 4.84. The van der Waals surface area contributed by atoms with Gasteiger partial charge in [-0.2, -0.15) is 0 Å². The Morgan fingerprint density at radius 1 is 0.952 bits per heavy atom. The summed E-state index contributed by atoms with van der Waals surface area (Å²) < 4.78 is 23.0. The smallest absolute Gasteiger partial charge is 0.175 e. The normalized spacial score (nSPS) is 11.6. The van der Waals surface area contributed by atoms with Crippen molar-refractivity contribution < 1.29 is 8.42 Å². The van der Waals surface area contributed by atoms with Gasteiger partial charge in [0, 0.05) is 6.26 Å². The summed E-state index contributed by atoms with van der Waals surface area (Å²) in [6, 6.07) is 13.6. The van der Waals surface area contributed by atoms with E-state index in [0.29, 0.717) is 4.90 Å². The molecule has 2 aromatic rings. The zero-order valence-electron chi connectivity index (χ0n) is 12.9. The summed E-state index contributed by atoms with van der Waals surface area (Å²) in [4.78, 5) is 0.365. The fraction of sp³-hybridized carbons (Fsp3) is 0.333. The fourth-order valence-corrected chi connectivity index (χ4v) is 3.01. The lowest BCUT2D eigenvalue weighted by Crippen LogP contribution is -1.96. The summed E-state index contributed by atoms with van der Waals surface area (Å²) in [6.07, 6.45) is 4.71. The van der Waals surface area contributed by atoms with E-state index in [9.17, 15) is 8.42 Å². The molecule has 0 fully saturated rings. The van der Waals surface area contributed by atoms with Gasteiger partial charge in [-0.05, 0) is 54.2 Å². The summed E-state index contributed by atoms with van der Waals surface area (Å²) in [7, 11) is -3.13. The standard InChI is InChI=1S/C18H22O2S/c1-4-5-6-16-13-17(8-7-14(16)2)15-9-11-18(12-10-15)21(3,19)20/h7-13H,4-6H2,1-3H3. The van der Waals surface area contributed by atoms with Crippen LogP contribution >= 0.6 is 0 Å². The number of hydrogen-bond donors (Lipinski definition) is 0. The Morgan fingerprint density at radius 3 is 2.14 bits per heavy atom. The predicted molar refractivity (Wildman–Crippen MR) is 88.3 cm³/mol. The minimum absolute atomic E-state index is 0.365. The first-order valence-electron chi connectivity index (χ1n) is 7.32. The fourth-order valence-electron chi connectivity index (χ4n) is 2.38. The average Bonchev–Trinajstić information content (AvgIpc) is 2.46. The van der Waals surface area contributed by atoms with E-state index >= 15 is 0 Å². The van der Waals surface area contributed by atoms with Crippen molar-refractivity contribution in [1.82, 2.24) is 0 Å². The van der Waals surface area contributed by atoms with E-state index in [-0.39, 0.29) is 0 Å². The highest BCUT2D eigenvalue weighted by Crippen LogP contribution is 2.24. The largest absolute Gasteiger partial charge is 0.224 e. The molecule has 112 valence electrons. The van der Waals surface area contributed by atoms with Crippen LogP contribution in [0.15, 0.2) is 47.4 Å². The van der Waals surface area contributed by atoms with Crippen LogP contribution in [0.25, 0.3) is 11.1 Å². The van der Waals surface area contributed by atoms with Crippen molar-refractivity contribution in [2.24, 2.45) is 0 Å². The van der Waals surface area contributed by atoms with Gasteiger partial charge < -0.3 is 0 Å². The Bertz CT molecular complexity index is 713. The molecule has 0 aromatic heterocycles. The van der Waals surface area contributed by atoms with Crippen LogP contribution in [-0.2, 0) is 16.3 Å². The topological polar surface area (TPSA) is 34.1 Å². The Labute approximate surface area is 127 Å². The molecule has 0 aliphatic rings. The second kappa shape index (κ2) is 6.44. The van der Waals surface area contributed by atoms with Crippen LogP contribution in [0.4, 0.5) is 0 Å². The molecular formula is C18H22O2S. The van der Waals surface area contributed by atoms with Crippen molar-refractivity contribution in [3.05, 3.63) is 53.6 Å². The minimum atomic E-state index is -3.13. The number of sulfone groups is 1. The number of benzene rings is 2. The second-order valence-corrected chi connectivity index (χ2v) is 7.56. The van der Waals surface area contributed by atoms with Crippen molar-refractivity contribution >= 4 is 9.84 Å². The molecule has 0 amide bonds. The second-order valence-electron chi connectivity index (χ2n) is 5.54. The highest BCUT2D eigenvalue weighted by Gasteiger charge is 2.07. The van der Waals surface area contributed by atoms with Gasteiger partial charge in [0.25, 0.3) is 0 Å². The van der Waals surface area contributed by atoms with Gasteiger partial charge in [-0.25, -0.2) is 8.42 Å². The van der Waals surface area contributed by atoms with Gasteiger partial charge in [-0.3, -0.25) is 0 Å². The maximum atomic E-state index is 11.5. The van der Waals surface area contributed by atoms with E-state index in [0.717, 1.165) is 17.5 Å². The van der Waals surface area contributed by atoms with E-state index < -0.39 is 9.84 Å². The third-order valence-electron chi connectivity index (χ3n) is 3.76. The van der Waals surface area contributed by atoms with E-state index in [1.54, 1.807) is 12.1 Å². The zero-order chi connectivity index (χ0) is 15.5. The van der Waals surface area contributed by atoms with E-state index in [2.05, 4.69) is 32.0 Å². The number of aryl methyl sites for hydroxylation is 2. The lowest BCUT2D eigenvalue weighted by molar-refractivity contribution is 0.602. The highest BCUT2D eigenvalue weighted by atomic mass is 32.2. The quantitative estimate of drug-likeness (QED) is 0.820. The summed E-state index contributed by atoms with van der Waals surface area (Å²) >= 11 is 0. The number of hydrogen-bond acceptors (Lipinski definition) is 2. The van der Waals surface area contributed by atoms with Crippen molar-refractivity contribution in [2.45, 2.75) is 38.0 Å². The third-order valence-corrected chi connectivity index (χ3v) is 4.89. The molecule has 0 saturated carbocycles. The molecule has 0 saturated heterocycles. The molecule has 0 aliphatic carbocycles. The maximum absolute atomic E-state index is 11.5. The lowest BCUT2D eigenvalue weighted by atomic mass is 9.97. The van der Waals surface area contributed by atoms with Crippen LogP contribution in [0.2, 0.25) is 0 Å². The molecule has 0 bridgehead atoms. The molecule has 0 aliphatic heterocycles. The van der Waals surface area contributed by atoms with Crippen LogP contribution in [0.5, 0.6) is 0 Å². The molecule has 0 spiro atoms. The monoisotopic (exact) mass is 302 g/mol. The maximum Gasteiger partial charge on any atom is 0.175 e.